The second-order valence-electron chi connectivity index (χ2n) is 4.02. The molecule has 0 aliphatic carbocycles. The Kier molecular flexibility index (Phi) is 4.43. The van der Waals surface area contributed by atoms with Crippen molar-refractivity contribution in [3.8, 4) is 0 Å². The largest absolute Gasteiger partial charge is 0.370 e. The van der Waals surface area contributed by atoms with E-state index >= 15 is 0 Å². The van der Waals surface area contributed by atoms with Gasteiger partial charge in [-0.05, 0) is 26.2 Å². The molecule has 0 amide bonds. The molecule has 88 valence electrons. The molecule has 0 radical (unpaired) electrons. The van der Waals surface area contributed by atoms with Gasteiger partial charge in [0.15, 0.2) is 6.29 Å². The Morgan fingerprint density at radius 1 is 1.25 bits per heavy atom. The minimum Gasteiger partial charge on any atom is -0.370 e. The number of hydrogen-bond donors (Lipinski definition) is 0. The summed E-state index contributed by atoms with van der Waals surface area (Å²) < 4.78 is 13.6. The van der Waals surface area contributed by atoms with Gasteiger partial charge in [0.1, 0.15) is 5.82 Å². The highest BCUT2D eigenvalue weighted by atomic mass is 19.1. The van der Waals surface area contributed by atoms with Crippen LogP contribution >= 0.6 is 0 Å². The van der Waals surface area contributed by atoms with E-state index in [1.807, 2.05) is 19.0 Å². The van der Waals surface area contributed by atoms with Crippen LogP contribution in [0.1, 0.15) is 10.4 Å². The highest BCUT2D eigenvalue weighted by molar-refractivity contribution is 5.84. The van der Waals surface area contributed by atoms with Crippen LogP contribution in [0.15, 0.2) is 18.2 Å². The Balaban J connectivity index is 2.88. The molecule has 0 heterocycles. The third-order valence-corrected chi connectivity index (χ3v) is 2.41. The van der Waals surface area contributed by atoms with E-state index in [0.717, 1.165) is 6.54 Å². The lowest BCUT2D eigenvalue weighted by atomic mass is 10.1. The minimum absolute atomic E-state index is 0.356. The number of rotatable bonds is 5. The summed E-state index contributed by atoms with van der Waals surface area (Å²) in [5.41, 5.74) is 0.764. The molecule has 3 nitrogen and oxygen atoms in total. The first-order chi connectivity index (χ1) is 7.56. The summed E-state index contributed by atoms with van der Waals surface area (Å²) in [4.78, 5) is 14.6. The van der Waals surface area contributed by atoms with E-state index < -0.39 is 0 Å². The van der Waals surface area contributed by atoms with E-state index in [0.29, 0.717) is 24.1 Å². The summed E-state index contributed by atoms with van der Waals surface area (Å²) >= 11 is 0. The summed E-state index contributed by atoms with van der Waals surface area (Å²) in [7, 11) is 5.70. The first-order valence-electron chi connectivity index (χ1n) is 5.16. The number of anilines is 1. The van der Waals surface area contributed by atoms with Gasteiger partial charge in [-0.1, -0.05) is 6.07 Å². The van der Waals surface area contributed by atoms with Gasteiger partial charge in [0.25, 0.3) is 0 Å². The molecular weight excluding hydrogens is 207 g/mol. The Morgan fingerprint density at radius 2 is 1.94 bits per heavy atom. The molecule has 0 aromatic heterocycles. The number of nitrogens with zero attached hydrogens (tertiary/aromatic N) is 2. The van der Waals surface area contributed by atoms with Gasteiger partial charge in [0.2, 0.25) is 0 Å². The molecule has 16 heavy (non-hydrogen) atoms. The highest BCUT2D eigenvalue weighted by Gasteiger charge is 2.12. The number of benzene rings is 1. The van der Waals surface area contributed by atoms with Crippen LogP contribution in [0.25, 0.3) is 0 Å². The monoisotopic (exact) mass is 224 g/mol. The fourth-order valence-electron chi connectivity index (χ4n) is 1.49. The van der Waals surface area contributed by atoms with Crippen molar-refractivity contribution < 1.29 is 9.18 Å². The van der Waals surface area contributed by atoms with Gasteiger partial charge in [0, 0.05) is 25.7 Å². The van der Waals surface area contributed by atoms with Crippen LogP contribution in [0.2, 0.25) is 0 Å². The maximum absolute atomic E-state index is 13.6. The molecule has 0 aliphatic heterocycles. The molecule has 0 saturated heterocycles. The number of aldehydes is 1. The fraction of sp³-hybridized carbons (Fsp3) is 0.417. The average molecular weight is 224 g/mol. The van der Waals surface area contributed by atoms with E-state index in [4.69, 9.17) is 0 Å². The van der Waals surface area contributed by atoms with Crippen LogP contribution in [0.5, 0.6) is 0 Å². The van der Waals surface area contributed by atoms with Crippen molar-refractivity contribution in [2.45, 2.75) is 0 Å². The van der Waals surface area contributed by atoms with Crippen LogP contribution < -0.4 is 4.90 Å². The SMILES string of the molecule is CN(C)CCN(C)c1c(F)cccc1C=O. The van der Waals surface area contributed by atoms with Crippen LogP contribution in [-0.2, 0) is 0 Å². The zero-order valence-electron chi connectivity index (χ0n) is 9.90. The smallest absolute Gasteiger partial charge is 0.152 e. The second-order valence-corrected chi connectivity index (χ2v) is 4.02. The molecule has 0 saturated carbocycles. The number of carbonyl (C=O) groups is 1. The fourth-order valence-corrected chi connectivity index (χ4v) is 1.49. The highest BCUT2D eigenvalue weighted by Crippen LogP contribution is 2.21. The molecule has 1 aromatic rings. The maximum Gasteiger partial charge on any atom is 0.152 e. The van der Waals surface area contributed by atoms with Crippen molar-refractivity contribution in [3.63, 3.8) is 0 Å². The molecule has 0 bridgehead atoms. The van der Waals surface area contributed by atoms with E-state index in [1.54, 1.807) is 24.1 Å². The zero-order chi connectivity index (χ0) is 12.1. The Bertz CT molecular complexity index is 366. The predicted octanol–water partition coefficient (Wildman–Crippen LogP) is 1.64. The molecule has 1 rings (SSSR count). The molecule has 0 spiro atoms. The van der Waals surface area contributed by atoms with Crippen LogP contribution in [0.4, 0.5) is 10.1 Å². The van der Waals surface area contributed by atoms with Gasteiger partial charge in [-0.2, -0.15) is 0 Å². The zero-order valence-corrected chi connectivity index (χ0v) is 9.90. The molecule has 0 fully saturated rings. The van der Waals surface area contributed by atoms with E-state index in [-0.39, 0.29) is 5.82 Å². The molecule has 0 atom stereocenters. The van der Waals surface area contributed by atoms with E-state index in [2.05, 4.69) is 0 Å². The lowest BCUT2D eigenvalue weighted by molar-refractivity contribution is 0.112. The lowest BCUT2D eigenvalue weighted by Crippen LogP contribution is -2.29. The van der Waals surface area contributed by atoms with Gasteiger partial charge in [-0.15, -0.1) is 0 Å². The van der Waals surface area contributed by atoms with Gasteiger partial charge < -0.3 is 9.80 Å². The van der Waals surface area contributed by atoms with Crippen molar-refractivity contribution in [1.82, 2.24) is 4.90 Å². The number of likely N-dealkylation sites (N-methyl/N-ethyl adjacent to an activating group) is 2. The normalized spacial score (nSPS) is 10.6. The predicted molar refractivity (Wildman–Crippen MR) is 63.6 cm³/mol. The van der Waals surface area contributed by atoms with Gasteiger partial charge in [-0.3, -0.25) is 4.79 Å². The molecular formula is C12H17FN2O. The Hall–Kier alpha value is -1.42. The van der Waals surface area contributed by atoms with Gasteiger partial charge in [0.05, 0.1) is 5.69 Å². The number of hydrogen-bond acceptors (Lipinski definition) is 3. The van der Waals surface area contributed by atoms with Crippen LogP contribution in [0.3, 0.4) is 0 Å². The minimum atomic E-state index is -0.356. The van der Waals surface area contributed by atoms with Crippen molar-refractivity contribution in [1.29, 1.82) is 0 Å². The van der Waals surface area contributed by atoms with Crippen LogP contribution in [-0.4, -0.2) is 45.4 Å². The lowest BCUT2D eigenvalue weighted by Gasteiger charge is -2.23. The van der Waals surface area contributed by atoms with E-state index in [9.17, 15) is 9.18 Å². The Labute approximate surface area is 95.5 Å². The maximum atomic E-state index is 13.6. The third-order valence-electron chi connectivity index (χ3n) is 2.41. The molecule has 1 aromatic carbocycles. The first-order valence-corrected chi connectivity index (χ1v) is 5.16. The van der Waals surface area contributed by atoms with Gasteiger partial charge in [-0.25, -0.2) is 4.39 Å². The summed E-state index contributed by atoms with van der Waals surface area (Å²) in [5, 5.41) is 0. The standard InChI is InChI=1S/C12H17FN2O/c1-14(2)7-8-15(3)12-10(9-16)5-4-6-11(12)13/h4-6,9H,7-8H2,1-3H3. The van der Waals surface area contributed by atoms with Crippen molar-refractivity contribution in [2.75, 3.05) is 39.1 Å². The van der Waals surface area contributed by atoms with Crippen LogP contribution in [0, 0.1) is 5.82 Å². The third kappa shape index (κ3) is 3.03. The number of para-hydroxylation sites is 1. The van der Waals surface area contributed by atoms with Gasteiger partial charge >= 0.3 is 0 Å². The number of carbonyl (C=O) groups excluding carboxylic acids is 1. The summed E-state index contributed by atoms with van der Waals surface area (Å²) in [6, 6.07) is 4.54. The molecule has 0 N–H and O–H groups in total. The molecule has 0 aliphatic rings. The number of halogens is 1. The summed E-state index contributed by atoms with van der Waals surface area (Å²) in [6.07, 6.45) is 0.685. The summed E-state index contributed by atoms with van der Waals surface area (Å²) in [5.74, 6) is -0.356. The Morgan fingerprint density at radius 3 is 2.50 bits per heavy atom. The van der Waals surface area contributed by atoms with E-state index in [1.165, 1.54) is 6.07 Å². The van der Waals surface area contributed by atoms with Crippen molar-refractivity contribution >= 4 is 12.0 Å². The second kappa shape index (κ2) is 5.61. The topological polar surface area (TPSA) is 23.6 Å². The molecule has 4 heteroatoms. The summed E-state index contributed by atoms with van der Waals surface area (Å²) in [6.45, 7) is 1.48. The quantitative estimate of drug-likeness (QED) is 0.710. The van der Waals surface area contributed by atoms with Crippen molar-refractivity contribution in [3.05, 3.63) is 29.6 Å². The van der Waals surface area contributed by atoms with Crippen molar-refractivity contribution in [2.24, 2.45) is 0 Å². The molecule has 0 unspecified atom stereocenters. The average Bonchev–Trinajstić information content (AvgIpc) is 2.25. The first kappa shape index (κ1) is 12.6.